The second kappa shape index (κ2) is 12.6. The van der Waals surface area contributed by atoms with Crippen molar-refractivity contribution in [3.63, 3.8) is 0 Å². The first-order valence-electron chi connectivity index (χ1n) is 12.1. The number of hydrogen-bond donors (Lipinski definition) is 3. The number of aromatic amines is 1. The molecule has 4 N–H and O–H groups in total. The van der Waals surface area contributed by atoms with E-state index in [0.717, 1.165) is 29.3 Å². The number of nitrogens with one attached hydrogen (secondary N) is 1. The standard InChI is InChI=1S/C28H33F2N3O3/c1-3-19-5-4-6-20(11-19)16-33(28(36)10-9-26(34)25-8-7-18(2)32-25)17-27(35)24(31)14-21-12-22(29)15-23(30)13-21/h4-8,11-13,15,24,27,32,35H,3,9-10,14,16-17,31H2,1-2H3/t24-,27+/m0/s1. The van der Waals surface area contributed by atoms with Crippen LogP contribution in [0.15, 0.2) is 54.6 Å². The Hall–Kier alpha value is -3.36. The lowest BCUT2D eigenvalue weighted by molar-refractivity contribution is -0.133. The maximum absolute atomic E-state index is 13.5. The average Bonchev–Trinajstić information content (AvgIpc) is 3.27. The number of Topliss-reactive ketones (excluding diaryl/α,β-unsaturated/α-hetero) is 1. The number of aromatic nitrogens is 1. The van der Waals surface area contributed by atoms with Crippen LogP contribution in [0, 0.1) is 18.6 Å². The van der Waals surface area contributed by atoms with Gasteiger partial charge >= 0.3 is 0 Å². The molecule has 1 aromatic heterocycles. The molecule has 1 amide bonds. The highest BCUT2D eigenvalue weighted by Gasteiger charge is 2.24. The molecule has 0 aliphatic rings. The summed E-state index contributed by atoms with van der Waals surface area (Å²) in [7, 11) is 0. The largest absolute Gasteiger partial charge is 0.390 e. The number of aliphatic hydroxyl groups excluding tert-OH is 1. The van der Waals surface area contributed by atoms with Gasteiger partial charge in [-0.3, -0.25) is 9.59 Å². The molecular weight excluding hydrogens is 464 g/mol. The monoisotopic (exact) mass is 497 g/mol. The Morgan fingerprint density at radius 2 is 1.69 bits per heavy atom. The number of aliphatic hydroxyl groups is 1. The molecule has 36 heavy (non-hydrogen) atoms. The summed E-state index contributed by atoms with van der Waals surface area (Å²) in [6.07, 6.45) is -0.273. The van der Waals surface area contributed by atoms with Gasteiger partial charge in [0.05, 0.1) is 11.8 Å². The number of hydrogen-bond acceptors (Lipinski definition) is 4. The zero-order chi connectivity index (χ0) is 26.2. The molecule has 3 rings (SSSR count). The first kappa shape index (κ1) is 27.2. The summed E-state index contributed by atoms with van der Waals surface area (Å²) in [5, 5.41) is 10.8. The fourth-order valence-corrected chi connectivity index (χ4v) is 4.10. The third-order valence-corrected chi connectivity index (χ3v) is 6.12. The molecule has 0 aliphatic carbocycles. The van der Waals surface area contributed by atoms with Gasteiger partial charge in [0.25, 0.3) is 0 Å². The van der Waals surface area contributed by atoms with E-state index in [0.29, 0.717) is 11.3 Å². The summed E-state index contributed by atoms with van der Waals surface area (Å²) in [5.41, 5.74) is 9.78. The van der Waals surface area contributed by atoms with Gasteiger partial charge in [0.2, 0.25) is 5.91 Å². The highest BCUT2D eigenvalue weighted by atomic mass is 19.1. The summed E-state index contributed by atoms with van der Waals surface area (Å²) < 4.78 is 27.1. The van der Waals surface area contributed by atoms with Gasteiger partial charge in [0, 0.05) is 43.7 Å². The summed E-state index contributed by atoms with van der Waals surface area (Å²) in [4.78, 5) is 30.1. The minimum Gasteiger partial charge on any atom is -0.390 e. The molecule has 3 aromatic rings. The van der Waals surface area contributed by atoms with E-state index in [2.05, 4.69) is 4.98 Å². The lowest BCUT2D eigenvalue weighted by atomic mass is 10.0. The number of H-pyrrole nitrogens is 1. The quantitative estimate of drug-likeness (QED) is 0.328. The SMILES string of the molecule is CCc1cccc(CN(C[C@@H](O)[C@@H](N)Cc2cc(F)cc(F)c2)C(=O)CCC(=O)c2ccc(C)[nH]2)c1. The van der Waals surface area contributed by atoms with Crippen molar-refractivity contribution in [2.24, 2.45) is 5.73 Å². The fraction of sp³-hybridized carbons (Fsp3) is 0.357. The van der Waals surface area contributed by atoms with Crippen LogP contribution in [0.25, 0.3) is 0 Å². The second-order valence-corrected chi connectivity index (χ2v) is 9.14. The van der Waals surface area contributed by atoms with E-state index in [-0.39, 0.29) is 44.0 Å². The van der Waals surface area contributed by atoms with E-state index in [1.807, 2.05) is 38.1 Å². The maximum atomic E-state index is 13.5. The third kappa shape index (κ3) is 7.83. The minimum atomic E-state index is -1.14. The van der Waals surface area contributed by atoms with E-state index in [4.69, 9.17) is 5.73 Å². The van der Waals surface area contributed by atoms with Crippen molar-refractivity contribution >= 4 is 11.7 Å². The van der Waals surface area contributed by atoms with Gasteiger partial charge < -0.3 is 20.7 Å². The Morgan fingerprint density at radius 3 is 2.33 bits per heavy atom. The molecule has 0 fully saturated rings. The topological polar surface area (TPSA) is 99.4 Å². The van der Waals surface area contributed by atoms with Gasteiger partial charge in [-0.1, -0.05) is 31.2 Å². The van der Waals surface area contributed by atoms with E-state index >= 15 is 0 Å². The Kier molecular flexibility index (Phi) is 9.50. The van der Waals surface area contributed by atoms with Gasteiger partial charge in [-0.2, -0.15) is 0 Å². The lowest BCUT2D eigenvalue weighted by Crippen LogP contribution is -2.46. The normalized spacial score (nSPS) is 12.8. The molecule has 2 atom stereocenters. The first-order chi connectivity index (χ1) is 17.1. The molecule has 192 valence electrons. The molecule has 0 bridgehead atoms. The maximum Gasteiger partial charge on any atom is 0.223 e. The summed E-state index contributed by atoms with van der Waals surface area (Å²) in [6.45, 7) is 4.04. The number of aryl methyl sites for hydroxylation is 2. The molecule has 0 radical (unpaired) electrons. The Morgan fingerprint density at radius 1 is 1.00 bits per heavy atom. The van der Waals surface area contributed by atoms with Crippen LogP contribution in [0.3, 0.4) is 0 Å². The molecule has 8 heteroatoms. The van der Waals surface area contributed by atoms with Gasteiger partial charge in [0.1, 0.15) is 11.6 Å². The molecule has 1 heterocycles. The van der Waals surface area contributed by atoms with Gasteiger partial charge in [-0.15, -0.1) is 0 Å². The van der Waals surface area contributed by atoms with Crippen LogP contribution in [-0.2, 0) is 24.2 Å². The summed E-state index contributed by atoms with van der Waals surface area (Å²) in [6, 6.07) is 13.5. The van der Waals surface area contributed by atoms with Crippen LogP contribution in [0.5, 0.6) is 0 Å². The molecule has 0 aliphatic heterocycles. The Labute approximate surface area is 210 Å². The smallest absolute Gasteiger partial charge is 0.223 e. The molecule has 0 saturated carbocycles. The van der Waals surface area contributed by atoms with Crippen LogP contribution in [0.4, 0.5) is 8.78 Å². The van der Waals surface area contributed by atoms with Crippen LogP contribution in [-0.4, -0.2) is 45.4 Å². The van der Waals surface area contributed by atoms with E-state index in [9.17, 15) is 23.5 Å². The zero-order valence-corrected chi connectivity index (χ0v) is 20.6. The number of carbonyl (C=O) groups excluding carboxylic acids is 2. The van der Waals surface area contributed by atoms with Crippen molar-refractivity contribution in [3.8, 4) is 0 Å². The van der Waals surface area contributed by atoms with Gasteiger partial charge in [-0.25, -0.2) is 8.78 Å². The molecule has 0 spiro atoms. The number of benzene rings is 2. The highest BCUT2D eigenvalue weighted by molar-refractivity contribution is 5.96. The van der Waals surface area contributed by atoms with Crippen molar-refractivity contribution in [3.05, 3.63) is 94.3 Å². The van der Waals surface area contributed by atoms with Crippen molar-refractivity contribution in [1.29, 1.82) is 0 Å². The van der Waals surface area contributed by atoms with E-state index in [1.54, 1.807) is 12.1 Å². The molecule has 0 saturated heterocycles. The van der Waals surface area contributed by atoms with E-state index < -0.39 is 23.8 Å². The second-order valence-electron chi connectivity index (χ2n) is 9.14. The number of amides is 1. The number of nitrogens with two attached hydrogens (primary N) is 1. The minimum absolute atomic E-state index is 0.0228. The molecule has 2 aromatic carbocycles. The number of carbonyl (C=O) groups is 2. The van der Waals surface area contributed by atoms with Gasteiger partial charge in [0.15, 0.2) is 5.78 Å². The first-order valence-corrected chi connectivity index (χ1v) is 12.1. The molecule has 0 unspecified atom stereocenters. The Bertz CT molecular complexity index is 1170. The summed E-state index contributed by atoms with van der Waals surface area (Å²) >= 11 is 0. The number of halogens is 2. The van der Waals surface area contributed by atoms with Crippen LogP contribution >= 0.6 is 0 Å². The van der Waals surface area contributed by atoms with Crippen LogP contribution in [0.1, 0.15) is 52.6 Å². The van der Waals surface area contributed by atoms with Gasteiger partial charge in [-0.05, 0) is 60.7 Å². The molecule has 6 nitrogen and oxygen atoms in total. The van der Waals surface area contributed by atoms with Crippen molar-refractivity contribution in [2.45, 2.75) is 58.2 Å². The summed E-state index contributed by atoms with van der Waals surface area (Å²) in [5.74, 6) is -1.91. The third-order valence-electron chi connectivity index (χ3n) is 6.12. The lowest BCUT2D eigenvalue weighted by Gasteiger charge is -2.28. The van der Waals surface area contributed by atoms with Crippen molar-refractivity contribution in [1.82, 2.24) is 9.88 Å². The molecular formula is C28H33F2N3O3. The number of ketones is 1. The predicted octanol–water partition coefficient (Wildman–Crippen LogP) is 4.09. The van der Waals surface area contributed by atoms with Crippen LogP contribution in [0.2, 0.25) is 0 Å². The highest BCUT2D eigenvalue weighted by Crippen LogP contribution is 2.15. The number of nitrogens with zero attached hydrogens (tertiary/aromatic N) is 1. The Balaban J connectivity index is 1.70. The van der Waals surface area contributed by atoms with Crippen molar-refractivity contribution in [2.75, 3.05) is 6.54 Å². The van der Waals surface area contributed by atoms with E-state index in [1.165, 1.54) is 17.0 Å². The number of rotatable bonds is 12. The predicted molar refractivity (Wildman–Crippen MR) is 134 cm³/mol. The fourth-order valence-electron chi connectivity index (χ4n) is 4.10. The van der Waals surface area contributed by atoms with Crippen LogP contribution < -0.4 is 5.73 Å². The average molecular weight is 498 g/mol. The van der Waals surface area contributed by atoms with Crippen molar-refractivity contribution < 1.29 is 23.5 Å². The zero-order valence-electron chi connectivity index (χ0n) is 20.6.